The van der Waals surface area contributed by atoms with Crippen LogP contribution < -0.4 is 19.8 Å². The summed E-state index contributed by atoms with van der Waals surface area (Å²) >= 11 is 0. The molecule has 0 aliphatic heterocycles. The van der Waals surface area contributed by atoms with Crippen molar-refractivity contribution in [1.29, 1.82) is 0 Å². The predicted octanol–water partition coefficient (Wildman–Crippen LogP) is 5.53. The van der Waals surface area contributed by atoms with Gasteiger partial charge in [0.1, 0.15) is 0 Å². The van der Waals surface area contributed by atoms with Crippen LogP contribution in [0.4, 0.5) is 0 Å². The summed E-state index contributed by atoms with van der Waals surface area (Å²) < 4.78 is 22.6. The molecule has 0 aliphatic carbocycles. The lowest BCUT2D eigenvalue weighted by atomic mass is 10.2. The van der Waals surface area contributed by atoms with Crippen molar-refractivity contribution in [3.63, 3.8) is 0 Å². The zero-order chi connectivity index (χ0) is 22.2. The summed E-state index contributed by atoms with van der Waals surface area (Å²) in [7, 11) is 0. The van der Waals surface area contributed by atoms with Crippen molar-refractivity contribution >= 4 is 16.9 Å². The molecule has 0 saturated heterocycles. The van der Waals surface area contributed by atoms with Gasteiger partial charge in [-0.2, -0.15) is 0 Å². The lowest BCUT2D eigenvalue weighted by Gasteiger charge is -2.16. The van der Waals surface area contributed by atoms with Gasteiger partial charge >= 0.3 is 11.6 Å². The SMILES string of the molecule is CCC=CCCOc1cccc2c(OC(=O)c3ccccc3)c(OC(C)C)c(=O)oc12. The van der Waals surface area contributed by atoms with Crippen molar-refractivity contribution in [1.82, 2.24) is 0 Å². The summed E-state index contributed by atoms with van der Waals surface area (Å²) in [6.45, 7) is 6.03. The summed E-state index contributed by atoms with van der Waals surface area (Å²) in [4.78, 5) is 25.4. The molecule has 0 spiro atoms. The highest BCUT2D eigenvalue weighted by molar-refractivity contribution is 5.96. The summed E-state index contributed by atoms with van der Waals surface area (Å²) in [6.07, 6.45) is 5.45. The van der Waals surface area contributed by atoms with E-state index in [2.05, 4.69) is 13.0 Å². The topological polar surface area (TPSA) is 75.0 Å². The van der Waals surface area contributed by atoms with Gasteiger partial charge in [0.2, 0.25) is 5.75 Å². The van der Waals surface area contributed by atoms with Crippen molar-refractivity contribution in [3.8, 4) is 17.2 Å². The van der Waals surface area contributed by atoms with Crippen LogP contribution in [0.15, 0.2) is 69.9 Å². The molecule has 6 heteroatoms. The highest BCUT2D eigenvalue weighted by Gasteiger charge is 2.23. The van der Waals surface area contributed by atoms with Crippen LogP contribution in [0.1, 0.15) is 44.0 Å². The van der Waals surface area contributed by atoms with Gasteiger partial charge in [-0.3, -0.25) is 0 Å². The Kier molecular flexibility index (Phi) is 7.49. The number of carbonyl (C=O) groups excluding carboxylic acids is 1. The van der Waals surface area contributed by atoms with E-state index in [1.165, 1.54) is 0 Å². The Bertz CT molecular complexity index is 1110. The third-order valence-corrected chi connectivity index (χ3v) is 4.31. The molecule has 3 rings (SSSR count). The van der Waals surface area contributed by atoms with Crippen LogP contribution in [0.5, 0.6) is 17.2 Å². The second-order valence-corrected chi connectivity index (χ2v) is 7.12. The number of fused-ring (bicyclic) bond motifs is 1. The van der Waals surface area contributed by atoms with E-state index in [1.54, 1.807) is 62.4 Å². The van der Waals surface area contributed by atoms with Gasteiger partial charge in [0.05, 0.1) is 23.7 Å². The molecule has 1 aromatic heterocycles. The molecule has 1 heterocycles. The Morgan fingerprint density at radius 2 is 1.81 bits per heavy atom. The van der Waals surface area contributed by atoms with E-state index >= 15 is 0 Å². The van der Waals surface area contributed by atoms with Gasteiger partial charge in [-0.15, -0.1) is 0 Å². The first-order chi connectivity index (χ1) is 15.0. The number of rotatable bonds is 9. The maximum atomic E-state index is 12.7. The summed E-state index contributed by atoms with van der Waals surface area (Å²) in [6, 6.07) is 13.7. The first-order valence-corrected chi connectivity index (χ1v) is 10.3. The lowest BCUT2D eigenvalue weighted by molar-refractivity contribution is 0.0726. The van der Waals surface area contributed by atoms with Crippen LogP contribution in [-0.2, 0) is 0 Å². The minimum absolute atomic E-state index is 0.0186. The average Bonchev–Trinajstić information content (AvgIpc) is 2.76. The van der Waals surface area contributed by atoms with Crippen molar-refractivity contribution in [2.45, 2.75) is 39.7 Å². The molecule has 3 aromatic rings. The highest BCUT2D eigenvalue weighted by Crippen LogP contribution is 2.37. The molecule has 0 radical (unpaired) electrons. The molecular weight excluding hydrogens is 396 g/mol. The van der Waals surface area contributed by atoms with Gasteiger partial charge in [-0.05, 0) is 51.0 Å². The maximum absolute atomic E-state index is 12.7. The standard InChI is InChI=1S/C25H26O6/c1-4-5-6-10-16-28-20-15-11-14-19-21(20)30-25(27)23(29-17(2)3)22(19)31-24(26)18-12-8-7-9-13-18/h5-9,11-15,17H,4,10,16H2,1-3H3. The van der Waals surface area contributed by atoms with E-state index in [-0.39, 0.29) is 23.2 Å². The first-order valence-electron chi connectivity index (χ1n) is 10.3. The number of hydrogen-bond donors (Lipinski definition) is 0. The van der Waals surface area contributed by atoms with Crippen LogP contribution in [0.2, 0.25) is 0 Å². The second kappa shape index (κ2) is 10.5. The smallest absolute Gasteiger partial charge is 0.383 e. The van der Waals surface area contributed by atoms with Gasteiger partial charge in [0.15, 0.2) is 17.1 Å². The molecule has 0 amide bonds. The molecule has 0 fully saturated rings. The minimum Gasteiger partial charge on any atom is -0.489 e. The fourth-order valence-corrected chi connectivity index (χ4v) is 2.95. The molecule has 0 aliphatic rings. The number of allylic oxidation sites excluding steroid dienone is 1. The van der Waals surface area contributed by atoms with Crippen LogP contribution >= 0.6 is 0 Å². The molecule has 2 aromatic carbocycles. The van der Waals surface area contributed by atoms with Crippen LogP contribution in [0, 0.1) is 0 Å². The fraction of sp³-hybridized carbons (Fsp3) is 0.280. The molecule has 0 atom stereocenters. The number of esters is 1. The van der Waals surface area contributed by atoms with Gasteiger partial charge in [0.25, 0.3) is 0 Å². The molecule has 0 saturated carbocycles. The zero-order valence-electron chi connectivity index (χ0n) is 17.9. The van der Waals surface area contributed by atoms with Crippen LogP contribution in [-0.4, -0.2) is 18.7 Å². The van der Waals surface area contributed by atoms with Crippen molar-refractivity contribution < 1.29 is 23.4 Å². The monoisotopic (exact) mass is 422 g/mol. The molecule has 0 bridgehead atoms. The third-order valence-electron chi connectivity index (χ3n) is 4.31. The third kappa shape index (κ3) is 5.54. The van der Waals surface area contributed by atoms with E-state index < -0.39 is 11.6 Å². The molecular formula is C25H26O6. The minimum atomic E-state index is -0.737. The average molecular weight is 422 g/mol. The van der Waals surface area contributed by atoms with E-state index in [0.717, 1.165) is 12.8 Å². The Labute approximate surface area is 181 Å². The van der Waals surface area contributed by atoms with Crippen molar-refractivity contribution in [3.05, 3.63) is 76.7 Å². The Morgan fingerprint density at radius 1 is 1.03 bits per heavy atom. The number of hydrogen-bond acceptors (Lipinski definition) is 6. The van der Waals surface area contributed by atoms with E-state index in [9.17, 15) is 9.59 Å². The summed E-state index contributed by atoms with van der Waals surface area (Å²) in [5.41, 5.74) is -0.174. The first kappa shape index (κ1) is 22.2. The number of para-hydroxylation sites is 1. The number of carbonyl (C=O) groups is 1. The van der Waals surface area contributed by atoms with Crippen molar-refractivity contribution in [2.24, 2.45) is 0 Å². The fourth-order valence-electron chi connectivity index (χ4n) is 2.95. The Morgan fingerprint density at radius 3 is 2.52 bits per heavy atom. The van der Waals surface area contributed by atoms with Crippen LogP contribution in [0.3, 0.4) is 0 Å². The molecule has 162 valence electrons. The largest absolute Gasteiger partial charge is 0.489 e. The van der Waals surface area contributed by atoms with Gasteiger partial charge in [-0.1, -0.05) is 43.3 Å². The predicted molar refractivity (Wildman–Crippen MR) is 119 cm³/mol. The number of ether oxygens (including phenoxy) is 3. The second-order valence-electron chi connectivity index (χ2n) is 7.12. The Hall–Kier alpha value is -3.54. The maximum Gasteiger partial charge on any atom is 0.383 e. The number of benzene rings is 2. The Balaban J connectivity index is 2.04. The normalized spacial score (nSPS) is 11.2. The molecule has 6 nitrogen and oxygen atoms in total. The quantitative estimate of drug-likeness (QED) is 0.195. The summed E-state index contributed by atoms with van der Waals surface area (Å²) in [5.74, 6) is -0.329. The van der Waals surface area contributed by atoms with Gasteiger partial charge in [-0.25, -0.2) is 9.59 Å². The molecule has 0 N–H and O–H groups in total. The summed E-state index contributed by atoms with van der Waals surface area (Å²) in [5, 5.41) is 0.418. The van der Waals surface area contributed by atoms with E-state index in [0.29, 0.717) is 23.3 Å². The molecule has 0 unspecified atom stereocenters. The van der Waals surface area contributed by atoms with Gasteiger partial charge in [0, 0.05) is 0 Å². The lowest BCUT2D eigenvalue weighted by Crippen LogP contribution is -2.17. The zero-order valence-corrected chi connectivity index (χ0v) is 17.9. The molecule has 31 heavy (non-hydrogen) atoms. The van der Waals surface area contributed by atoms with Crippen LogP contribution in [0.25, 0.3) is 11.0 Å². The van der Waals surface area contributed by atoms with E-state index in [4.69, 9.17) is 18.6 Å². The van der Waals surface area contributed by atoms with Crippen molar-refractivity contribution in [2.75, 3.05) is 6.61 Å². The van der Waals surface area contributed by atoms with Gasteiger partial charge < -0.3 is 18.6 Å². The highest BCUT2D eigenvalue weighted by atomic mass is 16.6. The van der Waals surface area contributed by atoms with E-state index in [1.807, 2.05) is 6.08 Å².